The largest absolute Gasteiger partial charge is 0.337 e. The van der Waals surface area contributed by atoms with Crippen molar-refractivity contribution in [2.75, 3.05) is 18.4 Å². The minimum atomic E-state index is -0.172. The molecule has 1 saturated heterocycles. The Morgan fingerprint density at radius 2 is 1.81 bits per heavy atom. The highest BCUT2D eigenvalue weighted by Gasteiger charge is 2.32. The molecule has 3 heterocycles. The number of hydrazone groups is 1. The minimum Gasteiger partial charge on any atom is -0.337 e. The highest BCUT2D eigenvalue weighted by atomic mass is 79.9. The Morgan fingerprint density at radius 1 is 1.06 bits per heavy atom. The molecule has 0 radical (unpaired) electrons. The summed E-state index contributed by atoms with van der Waals surface area (Å²) in [6.45, 7) is 1.31. The summed E-state index contributed by atoms with van der Waals surface area (Å²) >= 11 is 3.32. The summed E-state index contributed by atoms with van der Waals surface area (Å²) in [6, 6.07) is 13.2. The summed E-state index contributed by atoms with van der Waals surface area (Å²) in [7, 11) is 0. The lowest BCUT2D eigenvalue weighted by atomic mass is 9.95. The molecule has 2 aromatic rings. The molecule has 0 spiro atoms. The molecule has 1 aromatic carbocycles. The van der Waals surface area contributed by atoms with Gasteiger partial charge < -0.3 is 10.2 Å². The fourth-order valence-electron chi connectivity index (χ4n) is 3.84. The van der Waals surface area contributed by atoms with Gasteiger partial charge >= 0.3 is 0 Å². The molecule has 2 aliphatic heterocycles. The number of nitrogens with one attached hydrogen (secondary N) is 1. The van der Waals surface area contributed by atoms with E-state index in [0.29, 0.717) is 50.4 Å². The van der Waals surface area contributed by atoms with E-state index in [-0.39, 0.29) is 30.1 Å². The van der Waals surface area contributed by atoms with Gasteiger partial charge in [-0.3, -0.25) is 14.4 Å². The third kappa shape index (κ3) is 5.40. The van der Waals surface area contributed by atoms with Gasteiger partial charge in [-0.15, -0.1) is 0 Å². The van der Waals surface area contributed by atoms with E-state index in [4.69, 9.17) is 0 Å². The van der Waals surface area contributed by atoms with Crippen LogP contribution in [-0.4, -0.2) is 51.4 Å². The number of hydrogen-bond acceptors (Lipinski definition) is 5. The quantitative estimate of drug-likeness (QED) is 0.685. The van der Waals surface area contributed by atoms with E-state index in [1.807, 2.05) is 36.4 Å². The van der Waals surface area contributed by atoms with Crippen molar-refractivity contribution in [3.63, 3.8) is 0 Å². The second-order valence-electron chi connectivity index (χ2n) is 7.90. The summed E-state index contributed by atoms with van der Waals surface area (Å²) in [5.41, 5.74) is 1.37. The van der Waals surface area contributed by atoms with Crippen LogP contribution in [-0.2, 0) is 20.9 Å². The second kappa shape index (κ2) is 10.0. The molecule has 1 fully saturated rings. The Balaban J connectivity index is 1.33. The van der Waals surface area contributed by atoms with Crippen molar-refractivity contribution in [2.45, 2.75) is 32.2 Å². The molecule has 4 rings (SSSR count). The van der Waals surface area contributed by atoms with Crippen molar-refractivity contribution < 1.29 is 14.4 Å². The number of anilines is 1. The maximum Gasteiger partial charge on any atom is 0.270 e. The van der Waals surface area contributed by atoms with Gasteiger partial charge in [0.1, 0.15) is 11.5 Å². The van der Waals surface area contributed by atoms with Crippen LogP contribution in [0.3, 0.4) is 0 Å². The maximum absolute atomic E-state index is 13.0. The van der Waals surface area contributed by atoms with Gasteiger partial charge in [0.05, 0.1) is 6.54 Å². The van der Waals surface area contributed by atoms with Crippen LogP contribution in [0, 0.1) is 5.92 Å². The van der Waals surface area contributed by atoms with Crippen molar-refractivity contribution in [2.24, 2.45) is 11.0 Å². The number of benzene rings is 1. The number of pyridine rings is 1. The molecule has 3 amide bonds. The molecule has 166 valence electrons. The molecule has 0 bridgehead atoms. The number of hydrogen-bond donors (Lipinski definition) is 1. The molecule has 9 heteroatoms. The van der Waals surface area contributed by atoms with Gasteiger partial charge in [-0.25, -0.2) is 9.99 Å². The molecule has 1 N–H and O–H groups in total. The zero-order valence-corrected chi connectivity index (χ0v) is 19.1. The molecule has 0 atom stereocenters. The van der Waals surface area contributed by atoms with E-state index >= 15 is 0 Å². The molecular weight excluding hydrogens is 474 g/mol. The highest BCUT2D eigenvalue weighted by molar-refractivity contribution is 9.10. The fraction of sp³-hybridized carbons (Fsp3) is 0.348. The Bertz CT molecular complexity index is 1020. The predicted octanol–water partition coefficient (Wildman–Crippen LogP) is 3.20. The van der Waals surface area contributed by atoms with Gasteiger partial charge in [0.15, 0.2) is 0 Å². The third-order valence-corrected chi connectivity index (χ3v) is 6.13. The summed E-state index contributed by atoms with van der Waals surface area (Å²) in [5.74, 6) is 0.0262. The Hall–Kier alpha value is -3.07. The highest BCUT2D eigenvalue weighted by Crippen LogP contribution is 2.22. The number of likely N-dealkylation sites (tertiary alicyclic amines) is 1. The summed E-state index contributed by atoms with van der Waals surface area (Å²) in [5, 5.41) is 8.59. The number of rotatable bonds is 5. The van der Waals surface area contributed by atoms with E-state index in [1.54, 1.807) is 17.2 Å². The monoisotopic (exact) mass is 497 g/mol. The first-order valence-electron chi connectivity index (χ1n) is 10.6. The average Bonchev–Trinajstić information content (AvgIpc) is 2.82. The summed E-state index contributed by atoms with van der Waals surface area (Å²) in [4.78, 5) is 43.7. The van der Waals surface area contributed by atoms with Crippen LogP contribution in [0.15, 0.2) is 58.2 Å². The van der Waals surface area contributed by atoms with E-state index in [2.05, 4.69) is 31.3 Å². The molecule has 0 aliphatic carbocycles. The van der Waals surface area contributed by atoms with Gasteiger partial charge in [0, 0.05) is 42.5 Å². The van der Waals surface area contributed by atoms with Gasteiger partial charge in [0.25, 0.3) is 5.91 Å². The van der Waals surface area contributed by atoms with E-state index in [1.165, 1.54) is 5.01 Å². The average molecular weight is 498 g/mol. The van der Waals surface area contributed by atoms with Crippen molar-refractivity contribution in [3.05, 3.63) is 58.7 Å². The molecule has 1 aromatic heterocycles. The number of carbonyl (C=O) groups is 3. The van der Waals surface area contributed by atoms with Crippen LogP contribution in [0.2, 0.25) is 0 Å². The lowest BCUT2D eigenvalue weighted by Gasteiger charge is -2.32. The van der Waals surface area contributed by atoms with Gasteiger partial charge in [-0.1, -0.05) is 30.3 Å². The predicted molar refractivity (Wildman–Crippen MR) is 124 cm³/mol. The standard InChI is InChI=1S/C23H24BrN5O3/c24-18-6-8-20(25-14-18)26-22(31)17-10-12-28(13-11-17)23(32)19-7-9-21(30)29(27-19)15-16-4-2-1-3-5-16/h1-6,8,14,17H,7,9-13,15H2,(H,25,26,31). The first-order valence-corrected chi connectivity index (χ1v) is 11.4. The number of nitrogens with zero attached hydrogens (tertiary/aromatic N) is 4. The van der Waals surface area contributed by atoms with Gasteiger partial charge in [-0.05, 0) is 46.5 Å². The van der Waals surface area contributed by atoms with Crippen molar-refractivity contribution in [1.29, 1.82) is 0 Å². The first kappa shape index (κ1) is 22.1. The number of piperidine rings is 1. The SMILES string of the molecule is O=C(Nc1ccc(Br)cn1)C1CCN(C(=O)C2=NN(Cc3ccccc3)C(=O)CC2)CC1. The van der Waals surface area contributed by atoms with Crippen molar-refractivity contribution >= 4 is 45.2 Å². The molecule has 0 saturated carbocycles. The topological polar surface area (TPSA) is 95.0 Å². The smallest absolute Gasteiger partial charge is 0.270 e. The molecule has 0 unspecified atom stereocenters. The van der Waals surface area contributed by atoms with Crippen LogP contribution in [0.4, 0.5) is 5.82 Å². The molecule has 2 aliphatic rings. The zero-order valence-electron chi connectivity index (χ0n) is 17.5. The van der Waals surface area contributed by atoms with Crippen LogP contribution < -0.4 is 5.32 Å². The summed E-state index contributed by atoms with van der Waals surface area (Å²) < 4.78 is 0.844. The van der Waals surface area contributed by atoms with Crippen molar-refractivity contribution in [1.82, 2.24) is 14.9 Å². The van der Waals surface area contributed by atoms with Crippen LogP contribution in [0.1, 0.15) is 31.2 Å². The van der Waals surface area contributed by atoms with Crippen LogP contribution >= 0.6 is 15.9 Å². The fourth-order valence-corrected chi connectivity index (χ4v) is 4.08. The normalized spacial score (nSPS) is 17.2. The number of aromatic nitrogens is 1. The third-order valence-electron chi connectivity index (χ3n) is 5.66. The van der Waals surface area contributed by atoms with Crippen LogP contribution in [0.25, 0.3) is 0 Å². The molecule has 32 heavy (non-hydrogen) atoms. The van der Waals surface area contributed by atoms with E-state index in [0.717, 1.165) is 10.0 Å². The van der Waals surface area contributed by atoms with Gasteiger partial charge in [-0.2, -0.15) is 5.10 Å². The Kier molecular flexibility index (Phi) is 6.94. The van der Waals surface area contributed by atoms with Gasteiger partial charge in [0.2, 0.25) is 11.8 Å². The summed E-state index contributed by atoms with van der Waals surface area (Å²) in [6.07, 6.45) is 3.41. The van der Waals surface area contributed by atoms with E-state index in [9.17, 15) is 14.4 Å². The Labute approximate surface area is 194 Å². The number of carbonyl (C=O) groups excluding carboxylic acids is 3. The lowest BCUT2D eigenvalue weighted by molar-refractivity contribution is -0.133. The molecule has 8 nitrogen and oxygen atoms in total. The maximum atomic E-state index is 13.0. The van der Waals surface area contributed by atoms with E-state index < -0.39 is 0 Å². The van der Waals surface area contributed by atoms with Crippen molar-refractivity contribution in [3.8, 4) is 0 Å². The number of amides is 3. The Morgan fingerprint density at radius 3 is 2.50 bits per heavy atom. The molecular formula is C23H24BrN5O3. The minimum absolute atomic E-state index is 0.0812. The zero-order chi connectivity index (χ0) is 22.5. The second-order valence-corrected chi connectivity index (χ2v) is 8.82. The first-order chi connectivity index (χ1) is 15.5. The number of halogens is 1. The lowest BCUT2D eigenvalue weighted by Crippen LogP contribution is -2.46. The van der Waals surface area contributed by atoms with Crippen LogP contribution in [0.5, 0.6) is 0 Å².